The van der Waals surface area contributed by atoms with Crippen LogP contribution >= 0.6 is 0 Å². The summed E-state index contributed by atoms with van der Waals surface area (Å²) in [7, 11) is 0. The molecule has 1 unspecified atom stereocenters. The highest BCUT2D eigenvalue weighted by Crippen LogP contribution is 2.31. The maximum Gasteiger partial charge on any atom is 0.304 e. The molecule has 0 heterocycles. The zero-order valence-electron chi connectivity index (χ0n) is 9.00. The van der Waals surface area contributed by atoms with Gasteiger partial charge in [-0.15, -0.1) is 0 Å². The second-order valence-electron chi connectivity index (χ2n) is 4.71. The van der Waals surface area contributed by atoms with Gasteiger partial charge in [0.15, 0.2) is 0 Å². The van der Waals surface area contributed by atoms with Crippen LogP contribution in [0.3, 0.4) is 0 Å². The molecule has 1 atom stereocenters. The summed E-state index contributed by atoms with van der Waals surface area (Å²) < 4.78 is 0. The molecule has 0 amide bonds. The summed E-state index contributed by atoms with van der Waals surface area (Å²) in [5, 5.41) is 8.54. The summed E-state index contributed by atoms with van der Waals surface area (Å²) in [4.78, 5) is 10.4. The molecule has 0 aromatic heterocycles. The van der Waals surface area contributed by atoms with Crippen LogP contribution < -0.4 is 5.73 Å². The van der Waals surface area contributed by atoms with Gasteiger partial charge >= 0.3 is 5.97 Å². The van der Waals surface area contributed by atoms with Crippen molar-refractivity contribution in [2.75, 3.05) is 0 Å². The predicted octanol–water partition coefficient (Wildman–Crippen LogP) is 1.86. The van der Waals surface area contributed by atoms with E-state index in [1.165, 1.54) is 0 Å². The van der Waals surface area contributed by atoms with Gasteiger partial charge in [-0.3, -0.25) is 4.79 Å². The number of rotatable bonds is 5. The fourth-order valence-electron chi connectivity index (χ4n) is 1.21. The third kappa shape index (κ3) is 4.88. The first-order valence-electron chi connectivity index (χ1n) is 4.73. The fourth-order valence-corrected chi connectivity index (χ4v) is 1.21. The highest BCUT2D eigenvalue weighted by atomic mass is 16.4. The van der Waals surface area contributed by atoms with E-state index in [9.17, 15) is 4.79 Å². The van der Waals surface area contributed by atoms with Crippen LogP contribution in [0.1, 0.15) is 40.5 Å². The van der Waals surface area contributed by atoms with E-state index < -0.39 is 5.97 Å². The average molecular weight is 187 g/mol. The zero-order chi connectivity index (χ0) is 10.6. The van der Waals surface area contributed by atoms with Crippen molar-refractivity contribution >= 4 is 5.97 Å². The van der Waals surface area contributed by atoms with Crippen molar-refractivity contribution < 1.29 is 9.90 Å². The Morgan fingerprint density at radius 1 is 1.46 bits per heavy atom. The van der Waals surface area contributed by atoms with Crippen molar-refractivity contribution in [3.05, 3.63) is 0 Å². The van der Waals surface area contributed by atoms with Gasteiger partial charge in [0.2, 0.25) is 0 Å². The van der Waals surface area contributed by atoms with Crippen LogP contribution in [0.2, 0.25) is 0 Å². The number of carbonyl (C=O) groups is 1. The molecule has 0 aliphatic carbocycles. The van der Waals surface area contributed by atoms with Gasteiger partial charge < -0.3 is 10.8 Å². The van der Waals surface area contributed by atoms with Crippen molar-refractivity contribution in [3.8, 4) is 0 Å². The number of carboxylic acids is 1. The van der Waals surface area contributed by atoms with E-state index in [1.54, 1.807) is 0 Å². The van der Waals surface area contributed by atoms with Gasteiger partial charge in [0, 0.05) is 6.04 Å². The van der Waals surface area contributed by atoms with Crippen molar-refractivity contribution in [2.24, 2.45) is 17.1 Å². The number of hydrogen-bond donors (Lipinski definition) is 2. The molecule has 3 N–H and O–H groups in total. The first kappa shape index (κ1) is 12.4. The molecule has 0 aliphatic heterocycles. The third-order valence-corrected chi connectivity index (χ3v) is 2.79. The Morgan fingerprint density at radius 3 is 2.23 bits per heavy atom. The van der Waals surface area contributed by atoms with Gasteiger partial charge in [-0.2, -0.15) is 0 Å². The van der Waals surface area contributed by atoms with Crippen molar-refractivity contribution in [1.29, 1.82) is 0 Å². The van der Waals surface area contributed by atoms with Crippen LogP contribution in [0.15, 0.2) is 0 Å². The Hall–Kier alpha value is -0.570. The minimum absolute atomic E-state index is 0.0656. The molecule has 0 aliphatic rings. The largest absolute Gasteiger partial charge is 0.481 e. The molecule has 0 aromatic carbocycles. The molecule has 0 saturated heterocycles. The molecular weight excluding hydrogens is 166 g/mol. The SMILES string of the molecule is CC(C)C(C)(C)CC(N)CC(=O)O. The van der Waals surface area contributed by atoms with Crippen LogP contribution in [0.5, 0.6) is 0 Å². The minimum Gasteiger partial charge on any atom is -0.481 e. The molecule has 0 radical (unpaired) electrons. The van der Waals surface area contributed by atoms with Gasteiger partial charge in [-0.25, -0.2) is 0 Å². The maximum absolute atomic E-state index is 10.4. The van der Waals surface area contributed by atoms with Crippen LogP contribution in [0.4, 0.5) is 0 Å². The number of aliphatic carboxylic acids is 1. The normalized spacial score (nSPS) is 14.6. The van der Waals surface area contributed by atoms with Crippen LogP contribution in [-0.4, -0.2) is 17.1 Å². The van der Waals surface area contributed by atoms with E-state index in [2.05, 4.69) is 27.7 Å². The number of carboxylic acid groups (broad SMARTS) is 1. The second kappa shape index (κ2) is 4.61. The minimum atomic E-state index is -0.813. The third-order valence-electron chi connectivity index (χ3n) is 2.79. The van der Waals surface area contributed by atoms with E-state index in [4.69, 9.17) is 10.8 Å². The first-order valence-corrected chi connectivity index (χ1v) is 4.73. The highest BCUT2D eigenvalue weighted by Gasteiger charge is 2.25. The summed E-state index contributed by atoms with van der Waals surface area (Å²) in [6, 6.07) is -0.227. The van der Waals surface area contributed by atoms with Crippen molar-refractivity contribution in [1.82, 2.24) is 0 Å². The van der Waals surface area contributed by atoms with E-state index in [0.29, 0.717) is 5.92 Å². The quantitative estimate of drug-likeness (QED) is 0.690. The molecular formula is C10H21NO2. The van der Waals surface area contributed by atoms with E-state index in [0.717, 1.165) is 6.42 Å². The Kier molecular flexibility index (Phi) is 4.40. The van der Waals surface area contributed by atoms with Crippen LogP contribution in [-0.2, 0) is 4.79 Å². The molecule has 3 nitrogen and oxygen atoms in total. The molecule has 0 spiro atoms. The predicted molar refractivity (Wildman–Crippen MR) is 53.5 cm³/mol. The lowest BCUT2D eigenvalue weighted by Gasteiger charge is -2.31. The molecule has 3 heteroatoms. The molecule has 78 valence electrons. The van der Waals surface area contributed by atoms with Crippen molar-refractivity contribution in [3.63, 3.8) is 0 Å². The van der Waals surface area contributed by atoms with E-state index in [1.807, 2.05) is 0 Å². The summed E-state index contributed by atoms with van der Waals surface area (Å²) in [5.74, 6) is -0.292. The van der Waals surface area contributed by atoms with E-state index in [-0.39, 0.29) is 17.9 Å². The average Bonchev–Trinajstić information content (AvgIpc) is 1.82. The van der Waals surface area contributed by atoms with Crippen LogP contribution in [0.25, 0.3) is 0 Å². The summed E-state index contributed by atoms with van der Waals surface area (Å²) in [5.41, 5.74) is 5.84. The molecule has 0 rings (SSSR count). The van der Waals surface area contributed by atoms with Gasteiger partial charge in [0.25, 0.3) is 0 Å². The number of hydrogen-bond acceptors (Lipinski definition) is 2. The van der Waals surface area contributed by atoms with Crippen LogP contribution in [0, 0.1) is 11.3 Å². The first-order chi connectivity index (χ1) is 5.75. The summed E-state index contributed by atoms with van der Waals surface area (Å²) >= 11 is 0. The lowest BCUT2D eigenvalue weighted by molar-refractivity contribution is -0.137. The molecule has 13 heavy (non-hydrogen) atoms. The molecule has 0 fully saturated rings. The zero-order valence-corrected chi connectivity index (χ0v) is 9.00. The Balaban J connectivity index is 4.03. The monoisotopic (exact) mass is 187 g/mol. The fraction of sp³-hybridized carbons (Fsp3) is 0.900. The summed E-state index contributed by atoms with van der Waals surface area (Å²) in [6.07, 6.45) is 0.827. The summed E-state index contributed by atoms with van der Waals surface area (Å²) in [6.45, 7) is 8.51. The van der Waals surface area contributed by atoms with Gasteiger partial charge in [-0.05, 0) is 17.8 Å². The topological polar surface area (TPSA) is 63.3 Å². The second-order valence-corrected chi connectivity index (χ2v) is 4.71. The number of nitrogens with two attached hydrogens (primary N) is 1. The molecule has 0 aromatic rings. The lowest BCUT2D eigenvalue weighted by atomic mass is 9.76. The molecule has 0 saturated carbocycles. The molecule has 0 bridgehead atoms. The Labute approximate surface area is 80.3 Å². The lowest BCUT2D eigenvalue weighted by Crippen LogP contribution is -2.32. The van der Waals surface area contributed by atoms with Gasteiger partial charge in [0.1, 0.15) is 0 Å². The standard InChI is InChI=1S/C10H21NO2/c1-7(2)10(3,4)6-8(11)5-9(12)13/h7-8H,5-6,11H2,1-4H3,(H,12,13). The smallest absolute Gasteiger partial charge is 0.304 e. The Bertz CT molecular complexity index is 176. The Morgan fingerprint density at radius 2 is 1.92 bits per heavy atom. The van der Waals surface area contributed by atoms with E-state index >= 15 is 0 Å². The maximum atomic E-state index is 10.4. The van der Waals surface area contributed by atoms with Gasteiger partial charge in [0.05, 0.1) is 6.42 Å². The van der Waals surface area contributed by atoms with Gasteiger partial charge in [-0.1, -0.05) is 27.7 Å². The highest BCUT2D eigenvalue weighted by molar-refractivity contribution is 5.67. The van der Waals surface area contributed by atoms with Crippen molar-refractivity contribution in [2.45, 2.75) is 46.6 Å².